The number of benzene rings is 3. The number of carbonyl (C=O) groups excluding carboxylic acids is 1. The Balaban J connectivity index is 1.74. The Kier molecular flexibility index (Phi) is 9.94. The lowest BCUT2D eigenvalue weighted by molar-refractivity contribution is -0.129. The van der Waals surface area contributed by atoms with Gasteiger partial charge in [-0.2, -0.15) is 0 Å². The first-order chi connectivity index (χ1) is 19.3. The normalized spacial score (nSPS) is 18.6. The maximum atomic E-state index is 13.7. The lowest BCUT2D eigenvalue weighted by Crippen LogP contribution is -2.49. The van der Waals surface area contributed by atoms with Gasteiger partial charge in [0.25, 0.3) is 5.91 Å². The summed E-state index contributed by atoms with van der Waals surface area (Å²) in [5.41, 5.74) is -0.516. The van der Waals surface area contributed by atoms with Crippen LogP contribution in [0, 0.1) is 0 Å². The summed E-state index contributed by atoms with van der Waals surface area (Å²) in [7, 11) is -3.77. The quantitative estimate of drug-likeness (QED) is 0.270. The van der Waals surface area contributed by atoms with Gasteiger partial charge in [-0.15, -0.1) is 0 Å². The second-order valence-corrected chi connectivity index (χ2v) is 12.2. The van der Waals surface area contributed by atoms with Crippen LogP contribution in [0.1, 0.15) is 30.1 Å². The van der Waals surface area contributed by atoms with Crippen LogP contribution in [0.3, 0.4) is 0 Å². The van der Waals surface area contributed by atoms with Crippen molar-refractivity contribution in [1.82, 2.24) is 5.32 Å². The van der Waals surface area contributed by atoms with Gasteiger partial charge >= 0.3 is 0 Å². The van der Waals surface area contributed by atoms with Gasteiger partial charge in [-0.05, 0) is 54.1 Å². The van der Waals surface area contributed by atoms with Gasteiger partial charge in [-0.25, -0.2) is 17.8 Å². The number of rotatable bonds is 13. The molecule has 0 aliphatic carbocycles. The molecule has 2 atom stereocenters. The molecule has 40 heavy (non-hydrogen) atoms. The second-order valence-electron chi connectivity index (χ2n) is 9.17. The summed E-state index contributed by atoms with van der Waals surface area (Å²) in [6.07, 6.45) is -0.675. The second kappa shape index (κ2) is 13.4. The molecule has 1 heterocycles. The number of aliphatic hydroxyl groups is 1. The maximum absolute atomic E-state index is 13.7. The first kappa shape index (κ1) is 29.7. The average molecular weight is 634 g/mol. The van der Waals surface area contributed by atoms with Crippen LogP contribution in [-0.2, 0) is 19.4 Å². The third kappa shape index (κ3) is 6.89. The van der Waals surface area contributed by atoms with E-state index in [4.69, 9.17) is 19.6 Å². The molecule has 1 amide bonds. The number of nitrogens with one attached hydrogen (secondary N) is 1. The Hall–Kier alpha value is -3.28. The number of nitrogens with zero attached hydrogens (tertiary/aromatic N) is 1. The number of ether oxygens (including phenoxy) is 2. The number of carbonyl (C=O) groups is 1. The van der Waals surface area contributed by atoms with Gasteiger partial charge in [0.1, 0.15) is 12.4 Å². The molecule has 3 aromatic rings. The van der Waals surface area contributed by atoms with Crippen molar-refractivity contribution in [2.24, 2.45) is 4.99 Å². The van der Waals surface area contributed by atoms with Crippen molar-refractivity contribution >= 4 is 37.6 Å². The summed E-state index contributed by atoms with van der Waals surface area (Å²) < 4.78 is 52.3. The van der Waals surface area contributed by atoms with Crippen LogP contribution < -0.4 is 10.1 Å². The number of hydrogen-bond acceptors (Lipinski definition) is 7. The smallest absolute Gasteiger partial charge is 0.252 e. The van der Waals surface area contributed by atoms with Crippen LogP contribution in [0.5, 0.6) is 5.75 Å². The fraction of sp³-hybridized carbons (Fsp3) is 0.310. The molecule has 0 aromatic heterocycles. The number of aliphatic imine (C=N–C) groups is 1. The molecule has 0 saturated heterocycles. The van der Waals surface area contributed by atoms with E-state index < -0.39 is 34.1 Å². The Morgan fingerprint density at radius 3 is 2.42 bits per heavy atom. The standard InChI is InChI=1S/C29H30BrFN2O6S/c30-23-11-7-21(8-12-23)26-29(28(35)32-17-16-31,15-20-40(36,37)25-5-2-1-3-6-25)33-27(39-26)22-9-13-24(14-10-22)38-19-4-18-34/h1-3,5-14,26,34H,4,15-20H2,(H,32,35)/t26-,29-/m1/s1. The van der Waals surface area contributed by atoms with Crippen molar-refractivity contribution in [2.45, 2.75) is 29.4 Å². The van der Waals surface area contributed by atoms with Crippen LogP contribution in [0.4, 0.5) is 4.39 Å². The van der Waals surface area contributed by atoms with E-state index in [-0.39, 0.29) is 36.1 Å². The van der Waals surface area contributed by atoms with Gasteiger partial charge in [0, 0.05) is 36.0 Å². The highest BCUT2D eigenvalue weighted by atomic mass is 79.9. The van der Waals surface area contributed by atoms with Crippen molar-refractivity contribution in [2.75, 3.05) is 32.2 Å². The fourth-order valence-corrected chi connectivity index (χ4v) is 6.01. The Morgan fingerprint density at radius 1 is 1.07 bits per heavy atom. The van der Waals surface area contributed by atoms with E-state index >= 15 is 0 Å². The zero-order valence-electron chi connectivity index (χ0n) is 21.6. The fourth-order valence-electron chi connectivity index (χ4n) is 4.36. The molecule has 0 fully saturated rings. The number of halogens is 2. The molecular weight excluding hydrogens is 603 g/mol. The predicted octanol–water partition coefficient (Wildman–Crippen LogP) is 4.42. The van der Waals surface area contributed by atoms with E-state index in [2.05, 4.69) is 21.2 Å². The SMILES string of the molecule is O=C(NCCF)[C@]1(CCS(=O)(=O)c2ccccc2)N=C(c2ccc(OCCCO)cc2)O[C@@H]1c1ccc(Br)cc1. The highest BCUT2D eigenvalue weighted by Crippen LogP contribution is 2.43. The van der Waals surface area contributed by atoms with Gasteiger partial charge in [0.2, 0.25) is 5.90 Å². The summed E-state index contributed by atoms with van der Waals surface area (Å²) in [6.45, 7) is -0.661. The summed E-state index contributed by atoms with van der Waals surface area (Å²) in [6, 6.07) is 22.0. The first-order valence-corrected chi connectivity index (χ1v) is 15.2. The molecule has 11 heteroatoms. The lowest BCUT2D eigenvalue weighted by Gasteiger charge is -2.30. The van der Waals surface area contributed by atoms with Gasteiger partial charge in [0.15, 0.2) is 21.5 Å². The molecule has 0 radical (unpaired) electrons. The van der Waals surface area contributed by atoms with E-state index in [1.54, 1.807) is 66.7 Å². The minimum Gasteiger partial charge on any atom is -0.494 e. The van der Waals surface area contributed by atoms with Crippen molar-refractivity contribution in [1.29, 1.82) is 0 Å². The summed E-state index contributed by atoms with van der Waals surface area (Å²) in [5, 5.41) is 11.5. The number of aliphatic hydroxyl groups excluding tert-OH is 1. The molecule has 212 valence electrons. The predicted molar refractivity (Wildman–Crippen MR) is 153 cm³/mol. The minimum absolute atomic E-state index is 0.0206. The van der Waals surface area contributed by atoms with Gasteiger partial charge in [-0.3, -0.25) is 4.79 Å². The van der Waals surface area contributed by atoms with Crippen LogP contribution in [0.15, 0.2) is 93.2 Å². The lowest BCUT2D eigenvalue weighted by atomic mass is 9.85. The van der Waals surface area contributed by atoms with Crippen molar-refractivity contribution in [3.63, 3.8) is 0 Å². The summed E-state index contributed by atoms with van der Waals surface area (Å²) in [4.78, 5) is 18.6. The molecule has 1 aliphatic rings. The largest absolute Gasteiger partial charge is 0.494 e. The highest BCUT2D eigenvalue weighted by molar-refractivity contribution is 9.10. The molecule has 1 aliphatic heterocycles. The van der Waals surface area contributed by atoms with E-state index in [0.29, 0.717) is 29.9 Å². The first-order valence-electron chi connectivity index (χ1n) is 12.8. The molecule has 0 saturated carbocycles. The van der Waals surface area contributed by atoms with E-state index in [1.807, 2.05) is 0 Å². The molecule has 0 bridgehead atoms. The van der Waals surface area contributed by atoms with Gasteiger partial charge < -0.3 is 19.9 Å². The topological polar surface area (TPSA) is 114 Å². The molecule has 4 rings (SSSR count). The Labute approximate surface area is 241 Å². The van der Waals surface area contributed by atoms with Crippen LogP contribution >= 0.6 is 15.9 Å². The number of alkyl halides is 1. The zero-order chi connectivity index (χ0) is 28.6. The summed E-state index contributed by atoms with van der Waals surface area (Å²) in [5.74, 6) is -0.269. The monoisotopic (exact) mass is 632 g/mol. The molecule has 2 N–H and O–H groups in total. The molecule has 0 spiro atoms. The Morgan fingerprint density at radius 2 is 1.77 bits per heavy atom. The van der Waals surface area contributed by atoms with Crippen molar-refractivity contribution < 1.29 is 32.2 Å². The number of sulfone groups is 1. The van der Waals surface area contributed by atoms with Crippen molar-refractivity contribution in [3.8, 4) is 5.75 Å². The molecule has 8 nitrogen and oxygen atoms in total. The van der Waals surface area contributed by atoms with Gasteiger partial charge in [0.05, 0.1) is 17.3 Å². The third-order valence-corrected chi connectivity index (χ3v) is 8.70. The zero-order valence-corrected chi connectivity index (χ0v) is 24.0. The van der Waals surface area contributed by atoms with E-state index in [1.165, 1.54) is 12.1 Å². The Bertz CT molecular complexity index is 1420. The number of amides is 1. The molecule has 3 aromatic carbocycles. The highest BCUT2D eigenvalue weighted by Gasteiger charge is 2.53. The third-order valence-electron chi connectivity index (χ3n) is 6.44. The minimum atomic E-state index is -3.77. The number of hydrogen-bond donors (Lipinski definition) is 2. The van der Waals surface area contributed by atoms with Crippen LogP contribution in [-0.4, -0.2) is 63.1 Å². The van der Waals surface area contributed by atoms with Crippen molar-refractivity contribution in [3.05, 3.63) is 94.5 Å². The van der Waals surface area contributed by atoms with Crippen LogP contribution in [0.25, 0.3) is 0 Å². The summed E-state index contributed by atoms with van der Waals surface area (Å²) >= 11 is 3.41. The van der Waals surface area contributed by atoms with E-state index in [0.717, 1.165) is 4.47 Å². The molecular formula is C29H30BrFN2O6S. The van der Waals surface area contributed by atoms with E-state index in [9.17, 15) is 17.6 Å². The maximum Gasteiger partial charge on any atom is 0.252 e. The van der Waals surface area contributed by atoms with Crippen LogP contribution in [0.2, 0.25) is 0 Å². The van der Waals surface area contributed by atoms with Gasteiger partial charge in [-0.1, -0.05) is 46.3 Å². The average Bonchev–Trinajstić information content (AvgIpc) is 3.37. The molecule has 0 unspecified atom stereocenters.